The van der Waals surface area contributed by atoms with Gasteiger partial charge >= 0.3 is 23.5 Å². The lowest BCUT2D eigenvalue weighted by Crippen LogP contribution is -2.26. The molecule has 3 heterocycles. The molecule has 1 aliphatic rings. The van der Waals surface area contributed by atoms with Crippen molar-refractivity contribution in [1.29, 1.82) is 4.29 Å². The molecule has 0 bridgehead atoms. The Morgan fingerprint density at radius 3 is 3.00 bits per heavy atom. The van der Waals surface area contributed by atoms with E-state index in [1.54, 1.807) is 0 Å². The highest BCUT2D eigenvalue weighted by molar-refractivity contribution is 7.66. The van der Waals surface area contributed by atoms with Crippen molar-refractivity contribution < 1.29 is 71.5 Å². The molecular formula is C10H16N5O13P3. The molecule has 18 nitrogen and oxygen atoms in total. The van der Waals surface area contributed by atoms with Crippen LogP contribution in [-0.4, -0.2) is 67.2 Å². The number of aromatic nitrogens is 4. The van der Waals surface area contributed by atoms with Crippen LogP contribution in [0.5, 0.6) is 0 Å². The number of ether oxygens (including phenoxy) is 1. The van der Waals surface area contributed by atoms with Gasteiger partial charge in [-0.25, -0.2) is 18.7 Å². The van der Waals surface area contributed by atoms with Crippen LogP contribution in [0.25, 0.3) is 11.2 Å². The number of aromatic amines is 1. The minimum absolute atomic E-state index is 0.141. The second-order valence-corrected chi connectivity index (χ2v) is 9.24. The molecule has 21 heteroatoms. The quantitative estimate of drug-likeness (QED) is 0.160. The van der Waals surface area contributed by atoms with Gasteiger partial charge in [0.25, 0.3) is 5.56 Å². The van der Waals surface area contributed by atoms with Gasteiger partial charge in [0.15, 0.2) is 15.4 Å². The molecule has 1 aliphatic heterocycles. The second kappa shape index (κ2) is 8.44. The predicted molar refractivity (Wildman–Crippen MR) is 96.9 cm³/mol. The third-order valence-corrected chi connectivity index (χ3v) is 6.37. The third-order valence-electron chi connectivity index (χ3n) is 2.78. The number of hydrogen-bond donors (Lipinski definition) is 7. The fourth-order valence-electron chi connectivity index (χ4n) is 1.83. The average molecular weight is 521 g/mol. The largest absolute Gasteiger partial charge is 0.490 e. The number of phosphoric ester groups is 1. The maximum absolute atomic E-state index is 12.8. The molecule has 1 fully saturated rings. The van der Waals surface area contributed by atoms with Crippen LogP contribution in [0.4, 0.5) is 5.95 Å². The number of aliphatic hydroxyl groups is 1. The Morgan fingerprint density at radius 1 is 1.52 bits per heavy atom. The second-order valence-electron chi connectivity index (χ2n) is 4.98. The van der Waals surface area contributed by atoms with Crippen molar-refractivity contribution in [2.75, 3.05) is 12.3 Å². The number of fused-ring (bicyclic) bond motifs is 1. The SMILES string of the molecule is [2H]O[C@@]1([2H])C([2H])([2H])[C@]([2H])(n2c([2H])nc3c(=O)n([2H])c(N([2H])[2H])nc32)O[C@]1([2H])C([2H])([2H])OP(=O)(O[2H])OP(=O)(O)OP(=O)(O)O[2H]. The minimum Gasteiger partial charge on any atom is -0.390 e. The van der Waals surface area contributed by atoms with Gasteiger partial charge < -0.3 is 35.1 Å². The number of nitrogen functional groups attached to an aromatic ring is 1. The summed E-state index contributed by atoms with van der Waals surface area (Å²) in [5, 5.41) is 3.95. The average Bonchev–Trinajstić information content (AvgIpc) is 3.29. The standard InChI is InChI=1S/C10H16N5O13P3/c11-10-13-8-7(9(17)14-10)12-3-15(8)6-1-4(16)5(26-6)2-25-30(21,22)28-31(23,24)27-29(18,19)20/h3-6,16H,1-2H2,(H,21,22)(H,23,24)(H2,18,19,20)(H3,11,13,14,17)/t4-,5+,6+/m0/s1/i1D2,2D2,3D,4D,5D,6D,16D/hD5. The highest BCUT2D eigenvalue weighted by Gasteiger charge is 2.43. The smallest absolute Gasteiger partial charge is 0.390 e. The minimum atomic E-state index is -6.38. The van der Waals surface area contributed by atoms with E-state index in [9.17, 15) is 23.4 Å². The summed E-state index contributed by atoms with van der Waals surface area (Å²) in [5.41, 5.74) is -4.07. The van der Waals surface area contributed by atoms with Crippen LogP contribution in [-0.2, 0) is 31.6 Å². The molecule has 31 heavy (non-hydrogen) atoms. The van der Waals surface area contributed by atoms with Gasteiger partial charge in [-0.1, -0.05) is 0 Å². The Morgan fingerprint density at radius 2 is 2.32 bits per heavy atom. The lowest BCUT2D eigenvalue weighted by Gasteiger charge is -2.19. The van der Waals surface area contributed by atoms with E-state index in [1.807, 2.05) is 0 Å². The van der Waals surface area contributed by atoms with E-state index in [-0.39, 0.29) is 9.54 Å². The normalized spacial score (nSPS) is 43.0. The van der Waals surface area contributed by atoms with Crippen LogP contribution in [0.2, 0.25) is 4.24 Å². The van der Waals surface area contributed by atoms with Gasteiger partial charge in [-0.15, -0.1) is 0 Å². The van der Waals surface area contributed by atoms with Crippen LogP contribution in [0, 0.1) is 0 Å². The van der Waals surface area contributed by atoms with Gasteiger partial charge in [-0.05, 0) is 0 Å². The number of imidazole rings is 1. The molecule has 0 amide bonds. The topological polar surface area (TPSA) is 279 Å². The number of H-pyrrole nitrogens is 1. The summed E-state index contributed by atoms with van der Waals surface area (Å²) in [6.45, 7) is -4.57. The van der Waals surface area contributed by atoms with E-state index in [1.165, 1.54) is 0 Å². The molecule has 0 radical (unpaired) electrons. The van der Waals surface area contributed by atoms with Crippen molar-refractivity contribution in [2.45, 2.75) is 24.7 Å². The maximum atomic E-state index is 12.8. The summed E-state index contributed by atoms with van der Waals surface area (Å²) in [5.74, 6) is -1.16. The molecule has 1 saturated heterocycles. The van der Waals surface area contributed by atoms with Gasteiger partial charge in [0, 0.05) is 9.11 Å². The first kappa shape index (κ1) is 11.6. The molecule has 2 aromatic rings. The molecule has 0 aromatic carbocycles. The van der Waals surface area contributed by atoms with Gasteiger partial charge in [0.05, 0.1) is 25.8 Å². The number of rotatable bonds is 12. The molecule has 0 saturated carbocycles. The van der Waals surface area contributed by atoms with Gasteiger partial charge in [0.1, 0.15) is 13.7 Å². The Bertz CT molecular complexity index is 1710. The maximum Gasteiger partial charge on any atom is 0.490 e. The number of nitrogens with two attached hydrogens (primary N) is 1. The summed E-state index contributed by atoms with van der Waals surface area (Å²) in [6.07, 6.45) is -18.2. The Labute approximate surface area is 191 Å². The van der Waals surface area contributed by atoms with Crippen LogP contribution in [0.3, 0.4) is 0 Å². The van der Waals surface area contributed by atoms with Crippen LogP contribution in [0.1, 0.15) is 23.5 Å². The summed E-state index contributed by atoms with van der Waals surface area (Å²) in [7, 11) is -18.5. The summed E-state index contributed by atoms with van der Waals surface area (Å²) < 4.78 is 162. The third kappa shape index (κ3) is 6.04. The molecule has 8 N–H and O–H groups in total. The number of anilines is 1. The van der Waals surface area contributed by atoms with Crippen molar-refractivity contribution >= 4 is 40.6 Å². The Kier molecular flexibility index (Phi) is 3.15. The van der Waals surface area contributed by atoms with Crippen molar-refractivity contribution in [3.63, 3.8) is 0 Å². The number of nitrogens with one attached hydrogen (secondary N) is 1. The first-order valence-corrected chi connectivity index (χ1v) is 11.4. The van der Waals surface area contributed by atoms with E-state index in [2.05, 4.69) is 38.0 Å². The monoisotopic (exact) mass is 521 g/mol. The van der Waals surface area contributed by atoms with E-state index >= 15 is 0 Å². The molecule has 2 aromatic heterocycles. The molecule has 3 unspecified atom stereocenters. The van der Waals surface area contributed by atoms with Crippen molar-refractivity contribution in [2.24, 2.45) is 0 Å². The summed E-state index contributed by atoms with van der Waals surface area (Å²) in [6, 6.07) is 0. The lowest BCUT2D eigenvalue weighted by molar-refractivity contribution is -0.0423. The van der Waals surface area contributed by atoms with Crippen molar-refractivity contribution in [3.8, 4) is 0 Å². The van der Waals surface area contributed by atoms with Crippen LogP contribution < -0.4 is 11.3 Å². The van der Waals surface area contributed by atoms with Crippen LogP contribution in [0.15, 0.2) is 11.1 Å². The molecular weight excluding hydrogens is 491 g/mol. The van der Waals surface area contributed by atoms with Crippen molar-refractivity contribution in [1.82, 2.24) is 19.5 Å². The fraction of sp³-hybridized carbons (Fsp3) is 0.500. The fourth-order valence-corrected chi connectivity index (χ4v) is 4.60. The van der Waals surface area contributed by atoms with Crippen molar-refractivity contribution in [3.05, 3.63) is 16.7 Å². The van der Waals surface area contributed by atoms with E-state index in [4.69, 9.17) is 29.1 Å². The van der Waals surface area contributed by atoms with E-state index < -0.39 is 89.5 Å². The molecule has 174 valence electrons. The van der Waals surface area contributed by atoms with Gasteiger partial charge in [0.2, 0.25) is 10.2 Å². The molecule has 0 aliphatic carbocycles. The van der Waals surface area contributed by atoms with E-state index in [0.717, 1.165) is 0 Å². The van der Waals surface area contributed by atoms with Gasteiger partial charge in [-0.2, -0.15) is 13.6 Å². The Hall–Kier alpha value is -1.52. The van der Waals surface area contributed by atoms with Gasteiger partial charge in [-0.3, -0.25) is 18.9 Å². The Balaban J connectivity index is 2.24. The number of nitrogens with zero attached hydrogens (tertiary/aromatic N) is 3. The first-order valence-electron chi connectivity index (χ1n) is 13.5. The lowest BCUT2D eigenvalue weighted by atomic mass is 10.2. The predicted octanol–water partition coefficient (Wildman–Crippen LogP) is -1.31. The zero-order valence-corrected chi connectivity index (χ0v) is 16.6. The van der Waals surface area contributed by atoms with Crippen LogP contribution >= 0.6 is 23.5 Å². The zero-order valence-electron chi connectivity index (χ0n) is 28.0. The van der Waals surface area contributed by atoms with E-state index in [0.29, 0.717) is 0 Å². The summed E-state index contributed by atoms with van der Waals surface area (Å²) in [4.78, 5) is 44.4. The first-order chi connectivity index (χ1) is 20.2. The molecule has 3 rings (SSSR count). The summed E-state index contributed by atoms with van der Waals surface area (Å²) >= 11 is 0. The molecule has 0 spiro atoms. The number of phosphoric acid groups is 3. The zero-order chi connectivity index (χ0) is 35.0. The number of hydrogen-bond acceptors (Lipinski definition) is 14. The highest BCUT2D eigenvalue weighted by atomic mass is 31.3. The highest BCUT2D eigenvalue weighted by Crippen LogP contribution is 2.66. The molecule has 6 atom stereocenters.